The Bertz CT molecular complexity index is 713. The molecule has 6 nitrogen and oxygen atoms in total. The van der Waals surface area contributed by atoms with Crippen LogP contribution < -0.4 is 5.73 Å². The number of fused-ring (bicyclic) bond motifs is 1. The number of rotatable bonds is 2. The molecule has 0 unspecified atom stereocenters. The summed E-state index contributed by atoms with van der Waals surface area (Å²) in [5.74, 6) is 0.455. The predicted molar refractivity (Wildman–Crippen MR) is 72.0 cm³/mol. The molecular formula is C11H11BrN6. The molecule has 0 radical (unpaired) electrons. The van der Waals surface area contributed by atoms with Gasteiger partial charge in [0.2, 0.25) is 5.95 Å². The van der Waals surface area contributed by atoms with Crippen LogP contribution in [-0.2, 0) is 13.6 Å². The van der Waals surface area contributed by atoms with Crippen molar-refractivity contribution in [1.29, 1.82) is 0 Å². The molecule has 0 saturated carbocycles. The normalized spacial score (nSPS) is 11.2. The Morgan fingerprint density at radius 2 is 2.28 bits per heavy atom. The van der Waals surface area contributed by atoms with E-state index in [2.05, 4.69) is 31.0 Å². The average molecular weight is 307 g/mol. The first-order valence-electron chi connectivity index (χ1n) is 5.39. The Morgan fingerprint density at radius 3 is 3.00 bits per heavy atom. The summed E-state index contributed by atoms with van der Waals surface area (Å²) >= 11 is 3.37. The van der Waals surface area contributed by atoms with E-state index >= 15 is 0 Å². The highest BCUT2D eigenvalue weighted by Crippen LogP contribution is 2.20. The molecule has 3 heterocycles. The quantitative estimate of drug-likeness (QED) is 0.779. The Hall–Kier alpha value is -1.89. The number of aryl methyl sites for hydroxylation is 1. The molecule has 0 amide bonds. The summed E-state index contributed by atoms with van der Waals surface area (Å²) in [7, 11) is 1.90. The number of nitrogens with two attached hydrogens (primary N) is 1. The van der Waals surface area contributed by atoms with Crippen LogP contribution in [0.25, 0.3) is 11.2 Å². The van der Waals surface area contributed by atoms with E-state index in [1.807, 2.05) is 28.4 Å². The van der Waals surface area contributed by atoms with Crippen molar-refractivity contribution in [3.05, 3.63) is 34.7 Å². The van der Waals surface area contributed by atoms with Crippen LogP contribution in [0.1, 0.15) is 5.69 Å². The number of aromatic nitrogens is 5. The number of anilines is 1. The lowest BCUT2D eigenvalue weighted by Gasteiger charge is -2.06. The van der Waals surface area contributed by atoms with Crippen molar-refractivity contribution >= 4 is 33.0 Å². The molecule has 18 heavy (non-hydrogen) atoms. The molecule has 3 rings (SSSR count). The molecule has 92 valence electrons. The van der Waals surface area contributed by atoms with Crippen molar-refractivity contribution < 1.29 is 0 Å². The van der Waals surface area contributed by atoms with Gasteiger partial charge in [-0.3, -0.25) is 9.25 Å². The van der Waals surface area contributed by atoms with Gasteiger partial charge in [0.15, 0.2) is 5.65 Å². The van der Waals surface area contributed by atoms with E-state index in [1.165, 1.54) is 0 Å². The lowest BCUT2D eigenvalue weighted by Crippen LogP contribution is -2.08. The number of imidazole rings is 1. The van der Waals surface area contributed by atoms with E-state index < -0.39 is 0 Å². The van der Waals surface area contributed by atoms with Gasteiger partial charge < -0.3 is 5.73 Å². The Kier molecular flexibility index (Phi) is 2.55. The molecule has 0 bridgehead atoms. The fraction of sp³-hybridized carbons (Fsp3) is 0.182. The minimum Gasteiger partial charge on any atom is -0.369 e. The van der Waals surface area contributed by atoms with Crippen LogP contribution in [0.2, 0.25) is 0 Å². The molecule has 0 aliphatic heterocycles. The summed E-state index contributed by atoms with van der Waals surface area (Å²) in [6.45, 7) is 0.605. The van der Waals surface area contributed by atoms with Gasteiger partial charge in [0.05, 0.1) is 12.2 Å². The second kappa shape index (κ2) is 4.09. The molecule has 7 heteroatoms. The predicted octanol–water partition coefficient (Wildman–Crippen LogP) is 1.56. The zero-order valence-electron chi connectivity index (χ0n) is 9.71. The van der Waals surface area contributed by atoms with Crippen LogP contribution in [-0.4, -0.2) is 24.3 Å². The molecule has 0 fully saturated rings. The maximum absolute atomic E-state index is 5.94. The zero-order valence-corrected chi connectivity index (χ0v) is 11.3. The zero-order chi connectivity index (χ0) is 12.7. The Morgan fingerprint density at radius 1 is 1.44 bits per heavy atom. The standard InChI is InChI=1S/C11H11BrN6/c1-17-8(2-3-15-17)6-18-10-9(16-11(18)13)4-7(12)5-14-10/h2-5H,6H2,1H3,(H2,13,16). The van der Waals surface area contributed by atoms with Crippen LogP contribution >= 0.6 is 15.9 Å². The molecule has 3 aromatic rings. The second-order valence-corrected chi connectivity index (χ2v) is 4.91. The molecule has 0 aliphatic rings. The van der Waals surface area contributed by atoms with E-state index in [1.54, 1.807) is 12.4 Å². The van der Waals surface area contributed by atoms with Gasteiger partial charge in [0, 0.05) is 23.9 Å². The number of nitrogens with zero attached hydrogens (tertiary/aromatic N) is 5. The minimum atomic E-state index is 0.455. The van der Waals surface area contributed by atoms with Crippen molar-refractivity contribution in [2.24, 2.45) is 7.05 Å². The largest absolute Gasteiger partial charge is 0.369 e. The molecule has 0 atom stereocenters. The van der Waals surface area contributed by atoms with Gasteiger partial charge in [0.25, 0.3) is 0 Å². The van der Waals surface area contributed by atoms with Crippen molar-refractivity contribution in [2.75, 3.05) is 5.73 Å². The second-order valence-electron chi connectivity index (χ2n) is 4.00. The Labute approximate surface area is 112 Å². The molecule has 0 spiro atoms. The van der Waals surface area contributed by atoms with Crippen molar-refractivity contribution in [3.63, 3.8) is 0 Å². The van der Waals surface area contributed by atoms with Crippen LogP contribution in [0.5, 0.6) is 0 Å². The average Bonchev–Trinajstić information content (AvgIpc) is 2.85. The summed E-state index contributed by atoms with van der Waals surface area (Å²) in [5.41, 5.74) is 8.54. The summed E-state index contributed by atoms with van der Waals surface area (Å²) in [5, 5.41) is 4.14. The highest BCUT2D eigenvalue weighted by molar-refractivity contribution is 9.10. The first-order chi connectivity index (χ1) is 8.65. The van der Waals surface area contributed by atoms with Crippen molar-refractivity contribution in [2.45, 2.75) is 6.54 Å². The first-order valence-corrected chi connectivity index (χ1v) is 6.18. The third-order valence-electron chi connectivity index (χ3n) is 2.82. The molecular weight excluding hydrogens is 296 g/mol. The molecule has 0 aliphatic carbocycles. The van der Waals surface area contributed by atoms with E-state index in [9.17, 15) is 0 Å². The number of pyridine rings is 1. The number of hydrogen-bond donors (Lipinski definition) is 1. The number of halogens is 1. The first kappa shape index (κ1) is 11.2. The van der Waals surface area contributed by atoms with Gasteiger partial charge in [-0.05, 0) is 28.1 Å². The monoisotopic (exact) mass is 306 g/mol. The van der Waals surface area contributed by atoms with Gasteiger partial charge in [-0.25, -0.2) is 9.97 Å². The SMILES string of the molecule is Cn1nccc1Cn1c(N)nc2cc(Br)cnc21. The molecule has 0 saturated heterocycles. The summed E-state index contributed by atoms with van der Waals surface area (Å²) in [4.78, 5) is 8.66. The maximum Gasteiger partial charge on any atom is 0.202 e. The van der Waals surface area contributed by atoms with Gasteiger partial charge in [-0.2, -0.15) is 5.10 Å². The molecule has 2 N–H and O–H groups in total. The fourth-order valence-corrected chi connectivity index (χ4v) is 2.20. The summed E-state index contributed by atoms with van der Waals surface area (Å²) in [6, 6.07) is 3.85. The molecule has 0 aromatic carbocycles. The van der Waals surface area contributed by atoms with E-state index in [0.29, 0.717) is 12.5 Å². The lowest BCUT2D eigenvalue weighted by molar-refractivity contribution is 0.676. The van der Waals surface area contributed by atoms with Gasteiger partial charge >= 0.3 is 0 Å². The third-order valence-corrected chi connectivity index (χ3v) is 3.26. The van der Waals surface area contributed by atoms with E-state index in [-0.39, 0.29) is 0 Å². The van der Waals surface area contributed by atoms with Gasteiger partial charge in [-0.15, -0.1) is 0 Å². The van der Waals surface area contributed by atoms with E-state index in [4.69, 9.17) is 5.73 Å². The fourth-order valence-electron chi connectivity index (χ4n) is 1.88. The number of nitrogen functional groups attached to an aromatic ring is 1. The highest BCUT2D eigenvalue weighted by atomic mass is 79.9. The summed E-state index contributed by atoms with van der Waals surface area (Å²) < 4.78 is 4.57. The van der Waals surface area contributed by atoms with Crippen molar-refractivity contribution in [1.82, 2.24) is 24.3 Å². The minimum absolute atomic E-state index is 0.455. The summed E-state index contributed by atoms with van der Waals surface area (Å²) in [6.07, 6.45) is 3.50. The van der Waals surface area contributed by atoms with Gasteiger partial charge in [-0.1, -0.05) is 0 Å². The molecule has 3 aromatic heterocycles. The van der Waals surface area contributed by atoms with Crippen molar-refractivity contribution in [3.8, 4) is 0 Å². The van der Waals surface area contributed by atoms with E-state index in [0.717, 1.165) is 21.3 Å². The van der Waals surface area contributed by atoms with Crippen LogP contribution in [0, 0.1) is 0 Å². The smallest absolute Gasteiger partial charge is 0.202 e. The topological polar surface area (TPSA) is 74.5 Å². The highest BCUT2D eigenvalue weighted by Gasteiger charge is 2.11. The number of hydrogen-bond acceptors (Lipinski definition) is 4. The maximum atomic E-state index is 5.94. The van der Waals surface area contributed by atoms with Crippen LogP contribution in [0.15, 0.2) is 29.0 Å². The lowest BCUT2D eigenvalue weighted by atomic mass is 10.4. The third kappa shape index (κ3) is 1.76. The Balaban J connectivity index is 2.11. The van der Waals surface area contributed by atoms with Gasteiger partial charge in [0.1, 0.15) is 5.52 Å². The van der Waals surface area contributed by atoms with Crippen LogP contribution in [0.3, 0.4) is 0 Å². The van der Waals surface area contributed by atoms with Crippen LogP contribution in [0.4, 0.5) is 5.95 Å².